The van der Waals surface area contributed by atoms with E-state index in [9.17, 15) is 14.7 Å². The van der Waals surface area contributed by atoms with Crippen LogP contribution < -0.4 is 11.0 Å². The second-order valence-corrected chi connectivity index (χ2v) is 8.04. The van der Waals surface area contributed by atoms with Gasteiger partial charge in [0.25, 0.3) is 5.91 Å². The summed E-state index contributed by atoms with van der Waals surface area (Å²) in [6.45, 7) is 0.862. The third kappa shape index (κ3) is 4.15. The Morgan fingerprint density at radius 1 is 1.27 bits per heavy atom. The number of rotatable bonds is 5. The van der Waals surface area contributed by atoms with E-state index in [0.717, 1.165) is 16.8 Å². The van der Waals surface area contributed by atoms with Crippen molar-refractivity contribution in [2.24, 2.45) is 7.05 Å². The number of nitrogens with zero attached hydrogens (tertiary/aromatic N) is 6. The van der Waals surface area contributed by atoms with Gasteiger partial charge in [-0.1, -0.05) is 6.07 Å². The molecule has 1 amide bonds. The summed E-state index contributed by atoms with van der Waals surface area (Å²) in [6.07, 6.45) is 9.54. The molecule has 0 unspecified atom stereocenters. The summed E-state index contributed by atoms with van der Waals surface area (Å²) >= 11 is 0. The molecular weight excluding hydrogens is 426 g/mol. The van der Waals surface area contributed by atoms with E-state index in [1.165, 1.54) is 27.6 Å². The number of amides is 1. The Kier molecular flexibility index (Phi) is 5.48. The van der Waals surface area contributed by atoms with Crippen LogP contribution in [0.2, 0.25) is 0 Å². The van der Waals surface area contributed by atoms with Crippen molar-refractivity contribution >= 4 is 11.6 Å². The molecule has 0 saturated carbocycles. The minimum absolute atomic E-state index is 0.172. The Morgan fingerprint density at radius 2 is 2.15 bits per heavy atom. The third-order valence-electron chi connectivity index (χ3n) is 5.68. The molecule has 11 heteroatoms. The minimum Gasteiger partial charge on any atom is -0.389 e. The molecule has 170 valence electrons. The summed E-state index contributed by atoms with van der Waals surface area (Å²) in [5, 5.41) is 17.1. The fourth-order valence-electron chi connectivity index (χ4n) is 3.91. The van der Waals surface area contributed by atoms with Gasteiger partial charge in [0.2, 0.25) is 0 Å². The van der Waals surface area contributed by atoms with E-state index in [0.29, 0.717) is 13.0 Å². The Bertz CT molecular complexity index is 1360. The fraction of sp³-hybridized carbons (Fsp3) is 0.318. The van der Waals surface area contributed by atoms with Crippen LogP contribution in [0.25, 0.3) is 16.9 Å². The van der Waals surface area contributed by atoms with Crippen LogP contribution in [0.5, 0.6) is 0 Å². The smallest absolute Gasteiger partial charge is 0.334 e. The highest BCUT2D eigenvalue weighted by Crippen LogP contribution is 2.16. The molecule has 4 aromatic heterocycles. The van der Waals surface area contributed by atoms with Crippen LogP contribution in [0.1, 0.15) is 22.3 Å². The lowest BCUT2D eigenvalue weighted by atomic mass is 10.1. The van der Waals surface area contributed by atoms with Crippen LogP contribution in [-0.4, -0.2) is 65.1 Å². The first-order chi connectivity index (χ1) is 16.0. The number of aliphatic hydroxyl groups excluding tert-OH is 1. The summed E-state index contributed by atoms with van der Waals surface area (Å²) in [5.74, 6) is -0.407. The van der Waals surface area contributed by atoms with Crippen LogP contribution in [0.4, 0.5) is 0 Å². The first-order valence-corrected chi connectivity index (χ1v) is 10.6. The topological polar surface area (TPSA) is 129 Å². The van der Waals surface area contributed by atoms with Crippen LogP contribution in [0, 0.1) is 0 Å². The van der Waals surface area contributed by atoms with E-state index in [1.54, 1.807) is 17.1 Å². The van der Waals surface area contributed by atoms with E-state index >= 15 is 0 Å². The van der Waals surface area contributed by atoms with Gasteiger partial charge >= 0.3 is 5.69 Å². The zero-order valence-electron chi connectivity index (χ0n) is 18.0. The molecule has 2 atom stereocenters. The molecule has 11 nitrogen and oxygen atoms in total. The van der Waals surface area contributed by atoms with E-state index in [1.807, 2.05) is 25.4 Å². The number of hydrogen-bond donors (Lipinski definition) is 2. The standard InChI is InChI=1S/C22H23N7O4/c1-27-11-15(9-25-27)17-3-2-14(8-24-17)10-28-12-16(20-23-5-6-29(20)22(28)32)21(31)26-18-4-7-33-13-19(18)30/h2-3,5-6,8-9,11-12,18-19,30H,4,7,10,13H2,1H3,(H,26,31)/t18-,19-/m0/s1. The molecule has 0 spiro atoms. The molecular formula is C22H23N7O4. The van der Waals surface area contributed by atoms with Crippen molar-refractivity contribution in [2.45, 2.75) is 25.1 Å². The largest absolute Gasteiger partial charge is 0.389 e. The number of carbonyl (C=O) groups excluding carboxylic acids is 1. The number of nitrogens with one attached hydrogen (secondary N) is 1. The second-order valence-electron chi connectivity index (χ2n) is 8.04. The van der Waals surface area contributed by atoms with Gasteiger partial charge in [0.1, 0.15) is 0 Å². The van der Waals surface area contributed by atoms with Crippen molar-refractivity contribution in [3.8, 4) is 11.3 Å². The maximum atomic E-state index is 13.0. The third-order valence-corrected chi connectivity index (χ3v) is 5.68. The molecule has 0 aromatic carbocycles. The maximum absolute atomic E-state index is 13.0. The highest BCUT2D eigenvalue weighted by molar-refractivity contribution is 5.99. The van der Waals surface area contributed by atoms with Crippen molar-refractivity contribution in [2.75, 3.05) is 13.2 Å². The average molecular weight is 449 g/mol. The quantitative estimate of drug-likeness (QED) is 0.446. The van der Waals surface area contributed by atoms with Gasteiger partial charge in [-0.3, -0.25) is 23.4 Å². The predicted molar refractivity (Wildman–Crippen MR) is 118 cm³/mol. The molecule has 1 aliphatic heterocycles. The van der Waals surface area contributed by atoms with Crippen molar-refractivity contribution in [3.63, 3.8) is 0 Å². The van der Waals surface area contributed by atoms with Gasteiger partial charge in [0.15, 0.2) is 5.65 Å². The summed E-state index contributed by atoms with van der Waals surface area (Å²) in [5.41, 5.74) is 2.67. The number of fused-ring (bicyclic) bond motifs is 1. The molecule has 1 fully saturated rings. The van der Waals surface area contributed by atoms with Gasteiger partial charge in [0.05, 0.1) is 42.8 Å². The molecule has 1 saturated heterocycles. The van der Waals surface area contributed by atoms with Gasteiger partial charge in [-0.25, -0.2) is 9.78 Å². The number of imidazole rings is 1. The van der Waals surface area contributed by atoms with Crippen LogP contribution in [-0.2, 0) is 18.3 Å². The average Bonchev–Trinajstić information content (AvgIpc) is 3.47. The monoisotopic (exact) mass is 449 g/mol. The van der Waals surface area contributed by atoms with Crippen molar-refractivity contribution < 1.29 is 14.6 Å². The Balaban J connectivity index is 1.43. The molecule has 0 radical (unpaired) electrons. The number of hydrogen-bond acceptors (Lipinski definition) is 7. The lowest BCUT2D eigenvalue weighted by molar-refractivity contribution is -0.0260. The number of aliphatic hydroxyl groups is 1. The van der Waals surface area contributed by atoms with Gasteiger partial charge < -0.3 is 15.2 Å². The van der Waals surface area contributed by atoms with Crippen molar-refractivity contribution in [1.29, 1.82) is 0 Å². The minimum atomic E-state index is -0.784. The Labute approximate surface area is 188 Å². The Hall–Kier alpha value is -3.83. The van der Waals surface area contributed by atoms with Gasteiger partial charge in [-0.05, 0) is 18.1 Å². The van der Waals surface area contributed by atoms with Gasteiger partial charge in [-0.2, -0.15) is 5.10 Å². The lowest BCUT2D eigenvalue weighted by Gasteiger charge is -2.28. The molecule has 0 aliphatic carbocycles. The van der Waals surface area contributed by atoms with Gasteiger partial charge in [0, 0.05) is 50.2 Å². The molecule has 4 aromatic rings. The molecule has 5 rings (SSSR count). The molecule has 1 aliphatic rings. The number of ether oxygens (including phenoxy) is 1. The Morgan fingerprint density at radius 3 is 2.88 bits per heavy atom. The molecule has 33 heavy (non-hydrogen) atoms. The predicted octanol–water partition coefficient (Wildman–Crippen LogP) is 0.219. The molecule has 5 heterocycles. The first kappa shape index (κ1) is 21.0. The van der Waals surface area contributed by atoms with Crippen molar-refractivity contribution in [3.05, 3.63) is 70.9 Å². The van der Waals surface area contributed by atoms with Gasteiger partial charge in [-0.15, -0.1) is 0 Å². The van der Waals surface area contributed by atoms with Crippen LogP contribution >= 0.6 is 0 Å². The number of pyridine rings is 1. The zero-order valence-corrected chi connectivity index (χ0v) is 18.0. The fourth-order valence-corrected chi connectivity index (χ4v) is 3.91. The van der Waals surface area contributed by atoms with Crippen LogP contribution in [0.3, 0.4) is 0 Å². The zero-order chi connectivity index (χ0) is 22.9. The lowest BCUT2D eigenvalue weighted by Crippen LogP contribution is -2.49. The number of carbonyl (C=O) groups is 1. The molecule has 0 bridgehead atoms. The van der Waals surface area contributed by atoms with Crippen molar-refractivity contribution in [1.82, 2.24) is 34.0 Å². The number of aromatic nitrogens is 6. The normalized spacial score (nSPS) is 18.5. The summed E-state index contributed by atoms with van der Waals surface area (Å²) in [4.78, 5) is 34.7. The first-order valence-electron chi connectivity index (χ1n) is 10.6. The molecule has 2 N–H and O–H groups in total. The summed E-state index contributed by atoms with van der Waals surface area (Å²) in [7, 11) is 1.84. The summed E-state index contributed by atoms with van der Waals surface area (Å²) in [6, 6.07) is 3.33. The summed E-state index contributed by atoms with van der Waals surface area (Å²) < 4.78 is 9.72. The maximum Gasteiger partial charge on any atom is 0.334 e. The highest BCUT2D eigenvalue weighted by atomic mass is 16.5. The highest BCUT2D eigenvalue weighted by Gasteiger charge is 2.27. The second kappa shape index (κ2) is 8.60. The number of aryl methyl sites for hydroxylation is 1. The van der Waals surface area contributed by atoms with Crippen LogP contribution in [0.15, 0.2) is 54.1 Å². The SMILES string of the molecule is Cn1cc(-c2ccc(Cn3cc(C(=O)N[C@H]4CCOC[C@@H]4O)c4nccn4c3=O)cn2)cn1. The van der Waals surface area contributed by atoms with E-state index in [4.69, 9.17) is 4.74 Å². The van der Waals surface area contributed by atoms with E-state index in [2.05, 4.69) is 20.4 Å². The van der Waals surface area contributed by atoms with E-state index in [-0.39, 0.29) is 30.1 Å². The van der Waals surface area contributed by atoms with E-state index < -0.39 is 18.1 Å².